The molecule has 0 aromatic heterocycles. The third kappa shape index (κ3) is 2.97. The Morgan fingerprint density at radius 1 is 1.64 bits per heavy atom. The zero-order valence-corrected chi connectivity index (χ0v) is 6.46. The Hall–Kier alpha value is -0.440. The fourth-order valence-electron chi connectivity index (χ4n) is 1.30. The number of carbonyl (C=O) groups is 1. The van der Waals surface area contributed by atoms with Crippen LogP contribution in [0.4, 0.5) is 4.39 Å². The zero-order valence-electron chi connectivity index (χ0n) is 6.46. The van der Waals surface area contributed by atoms with Crippen molar-refractivity contribution < 1.29 is 13.9 Å². The highest BCUT2D eigenvalue weighted by Crippen LogP contribution is 2.17. The number of alkyl halides is 1. The lowest BCUT2D eigenvalue weighted by Gasteiger charge is -2.22. The SMILES string of the molecule is O=CC(F)CC1CCCCO1. The topological polar surface area (TPSA) is 26.3 Å². The summed E-state index contributed by atoms with van der Waals surface area (Å²) < 4.78 is 17.7. The Morgan fingerprint density at radius 2 is 2.45 bits per heavy atom. The average Bonchev–Trinajstić information content (AvgIpc) is 2.06. The number of hydrogen-bond acceptors (Lipinski definition) is 2. The number of halogens is 1. The molecule has 1 rings (SSSR count). The monoisotopic (exact) mass is 160 g/mol. The van der Waals surface area contributed by atoms with Gasteiger partial charge in [-0.1, -0.05) is 0 Å². The molecular weight excluding hydrogens is 147 g/mol. The van der Waals surface area contributed by atoms with Crippen LogP contribution in [0.3, 0.4) is 0 Å². The van der Waals surface area contributed by atoms with Gasteiger partial charge in [0.2, 0.25) is 0 Å². The maximum atomic E-state index is 12.5. The van der Waals surface area contributed by atoms with E-state index in [1.54, 1.807) is 0 Å². The first-order chi connectivity index (χ1) is 5.33. The quantitative estimate of drug-likeness (QED) is 0.584. The van der Waals surface area contributed by atoms with Gasteiger partial charge in [0.1, 0.15) is 0 Å². The summed E-state index contributed by atoms with van der Waals surface area (Å²) in [7, 11) is 0. The summed E-state index contributed by atoms with van der Waals surface area (Å²) in [5.74, 6) is 0. The van der Waals surface area contributed by atoms with E-state index >= 15 is 0 Å². The molecule has 1 fully saturated rings. The van der Waals surface area contributed by atoms with Crippen molar-refractivity contribution in [1.29, 1.82) is 0 Å². The summed E-state index contributed by atoms with van der Waals surface area (Å²) in [4.78, 5) is 9.95. The number of ether oxygens (including phenoxy) is 1. The van der Waals surface area contributed by atoms with Gasteiger partial charge >= 0.3 is 0 Å². The van der Waals surface area contributed by atoms with Gasteiger partial charge < -0.3 is 9.53 Å². The maximum absolute atomic E-state index is 12.5. The van der Waals surface area contributed by atoms with Crippen molar-refractivity contribution >= 4 is 6.29 Å². The Bertz CT molecular complexity index is 121. The summed E-state index contributed by atoms with van der Waals surface area (Å²) in [5, 5.41) is 0. The molecule has 2 nitrogen and oxygen atoms in total. The molecule has 0 spiro atoms. The molecule has 0 bridgehead atoms. The number of aldehydes is 1. The van der Waals surface area contributed by atoms with Crippen LogP contribution in [0.15, 0.2) is 0 Å². The Labute approximate surface area is 65.7 Å². The molecule has 0 aromatic rings. The van der Waals surface area contributed by atoms with Crippen LogP contribution in [0.5, 0.6) is 0 Å². The molecule has 0 aromatic carbocycles. The molecule has 0 N–H and O–H groups in total. The Morgan fingerprint density at radius 3 is 3.00 bits per heavy atom. The van der Waals surface area contributed by atoms with E-state index in [0.717, 1.165) is 25.9 Å². The second-order valence-electron chi connectivity index (χ2n) is 2.88. The molecule has 11 heavy (non-hydrogen) atoms. The van der Waals surface area contributed by atoms with Crippen LogP contribution in [0.1, 0.15) is 25.7 Å². The minimum atomic E-state index is -1.34. The van der Waals surface area contributed by atoms with Crippen molar-refractivity contribution in [2.24, 2.45) is 0 Å². The third-order valence-corrected chi connectivity index (χ3v) is 1.91. The number of carbonyl (C=O) groups excluding carboxylic acids is 1. The molecule has 0 aliphatic carbocycles. The molecule has 0 radical (unpaired) electrons. The lowest BCUT2D eigenvalue weighted by molar-refractivity contribution is -0.113. The van der Waals surface area contributed by atoms with Crippen molar-refractivity contribution in [3.05, 3.63) is 0 Å². The van der Waals surface area contributed by atoms with Crippen LogP contribution in [0, 0.1) is 0 Å². The van der Waals surface area contributed by atoms with Gasteiger partial charge in [-0.25, -0.2) is 4.39 Å². The highest BCUT2D eigenvalue weighted by atomic mass is 19.1. The van der Waals surface area contributed by atoms with E-state index in [0.29, 0.717) is 6.29 Å². The van der Waals surface area contributed by atoms with Gasteiger partial charge in [0.25, 0.3) is 0 Å². The van der Waals surface area contributed by atoms with Crippen LogP contribution in [-0.4, -0.2) is 25.2 Å². The van der Waals surface area contributed by atoms with E-state index in [9.17, 15) is 9.18 Å². The van der Waals surface area contributed by atoms with Gasteiger partial charge in [-0.15, -0.1) is 0 Å². The molecule has 1 saturated heterocycles. The second-order valence-corrected chi connectivity index (χ2v) is 2.88. The summed E-state index contributed by atoms with van der Waals surface area (Å²) in [6, 6.07) is 0. The average molecular weight is 160 g/mol. The van der Waals surface area contributed by atoms with Gasteiger partial charge in [0, 0.05) is 13.0 Å². The van der Waals surface area contributed by atoms with Crippen LogP contribution in [0.25, 0.3) is 0 Å². The van der Waals surface area contributed by atoms with E-state index in [4.69, 9.17) is 4.74 Å². The first-order valence-electron chi connectivity index (χ1n) is 4.04. The lowest BCUT2D eigenvalue weighted by Crippen LogP contribution is -2.23. The molecule has 2 unspecified atom stereocenters. The van der Waals surface area contributed by atoms with E-state index in [2.05, 4.69) is 0 Å². The van der Waals surface area contributed by atoms with E-state index in [-0.39, 0.29) is 12.5 Å². The van der Waals surface area contributed by atoms with Crippen molar-refractivity contribution in [2.75, 3.05) is 6.61 Å². The van der Waals surface area contributed by atoms with Crippen LogP contribution < -0.4 is 0 Å². The second kappa shape index (κ2) is 4.44. The van der Waals surface area contributed by atoms with Crippen LogP contribution in [0.2, 0.25) is 0 Å². The van der Waals surface area contributed by atoms with Crippen molar-refractivity contribution in [3.63, 3.8) is 0 Å². The predicted octanol–water partition coefficient (Wildman–Crippen LogP) is 1.48. The largest absolute Gasteiger partial charge is 0.378 e. The van der Waals surface area contributed by atoms with Gasteiger partial charge in [-0.05, 0) is 19.3 Å². The van der Waals surface area contributed by atoms with E-state index < -0.39 is 6.17 Å². The van der Waals surface area contributed by atoms with Crippen molar-refractivity contribution in [2.45, 2.75) is 38.0 Å². The predicted molar refractivity (Wildman–Crippen MR) is 39.2 cm³/mol. The standard InChI is InChI=1S/C8H13FO2/c9-7(6-10)5-8-3-1-2-4-11-8/h6-8H,1-5H2. The normalized spacial score (nSPS) is 27.9. The molecule has 2 atom stereocenters. The molecule has 0 saturated carbocycles. The molecular formula is C8H13FO2. The fraction of sp³-hybridized carbons (Fsp3) is 0.875. The Balaban J connectivity index is 2.18. The van der Waals surface area contributed by atoms with Gasteiger partial charge in [-0.2, -0.15) is 0 Å². The number of hydrogen-bond donors (Lipinski definition) is 0. The smallest absolute Gasteiger partial charge is 0.158 e. The minimum Gasteiger partial charge on any atom is -0.378 e. The highest BCUT2D eigenvalue weighted by Gasteiger charge is 2.18. The first-order valence-corrected chi connectivity index (χ1v) is 4.04. The summed E-state index contributed by atoms with van der Waals surface area (Å²) in [5.41, 5.74) is 0. The first kappa shape index (κ1) is 8.65. The van der Waals surface area contributed by atoms with Crippen molar-refractivity contribution in [3.8, 4) is 0 Å². The summed E-state index contributed by atoms with van der Waals surface area (Å²) >= 11 is 0. The third-order valence-electron chi connectivity index (χ3n) is 1.91. The molecule has 1 aliphatic rings. The molecule has 1 heterocycles. The minimum absolute atomic E-state index is 0.0241. The summed E-state index contributed by atoms with van der Waals surface area (Å²) in [6.07, 6.45) is 2.28. The van der Waals surface area contributed by atoms with Gasteiger partial charge in [-0.3, -0.25) is 0 Å². The molecule has 1 aliphatic heterocycles. The van der Waals surface area contributed by atoms with E-state index in [1.807, 2.05) is 0 Å². The molecule has 64 valence electrons. The van der Waals surface area contributed by atoms with Gasteiger partial charge in [0.05, 0.1) is 6.10 Å². The fourth-order valence-corrected chi connectivity index (χ4v) is 1.30. The van der Waals surface area contributed by atoms with Crippen LogP contribution in [-0.2, 0) is 9.53 Å². The van der Waals surface area contributed by atoms with Crippen LogP contribution >= 0.6 is 0 Å². The maximum Gasteiger partial charge on any atom is 0.158 e. The highest BCUT2D eigenvalue weighted by molar-refractivity contribution is 5.55. The lowest BCUT2D eigenvalue weighted by atomic mass is 10.0. The summed E-state index contributed by atoms with van der Waals surface area (Å²) in [6.45, 7) is 0.718. The zero-order chi connectivity index (χ0) is 8.10. The molecule has 3 heteroatoms. The Kier molecular flexibility index (Phi) is 3.49. The van der Waals surface area contributed by atoms with E-state index in [1.165, 1.54) is 0 Å². The van der Waals surface area contributed by atoms with Gasteiger partial charge in [0.15, 0.2) is 12.5 Å². The van der Waals surface area contributed by atoms with Crippen molar-refractivity contribution in [1.82, 2.24) is 0 Å². The molecule has 0 amide bonds. The number of rotatable bonds is 3.